The van der Waals surface area contributed by atoms with Gasteiger partial charge in [0.15, 0.2) is 0 Å². The van der Waals surface area contributed by atoms with Gasteiger partial charge in [0.05, 0.1) is 5.92 Å². The van der Waals surface area contributed by atoms with Crippen molar-refractivity contribution in [2.24, 2.45) is 5.92 Å². The molecule has 0 saturated heterocycles. The molecule has 2 unspecified atom stereocenters. The van der Waals surface area contributed by atoms with E-state index in [1.54, 1.807) is 0 Å². The first-order valence-electron chi connectivity index (χ1n) is 7.19. The second-order valence-corrected chi connectivity index (χ2v) is 5.54. The molecular weight excluding hydrogens is 238 g/mol. The van der Waals surface area contributed by atoms with Gasteiger partial charge in [-0.05, 0) is 31.2 Å². The Morgan fingerprint density at radius 2 is 1.95 bits per heavy atom. The Bertz CT molecular complexity index is 398. The van der Waals surface area contributed by atoms with Crippen LogP contribution in [0.3, 0.4) is 0 Å². The van der Waals surface area contributed by atoms with Gasteiger partial charge in [0, 0.05) is 12.6 Å². The van der Waals surface area contributed by atoms with Crippen LogP contribution < -0.4 is 5.32 Å². The molecule has 1 aliphatic rings. The third kappa shape index (κ3) is 3.80. The molecule has 2 rings (SSSR count). The lowest BCUT2D eigenvalue weighted by Gasteiger charge is -2.23. The lowest BCUT2D eigenvalue weighted by Crippen LogP contribution is -2.37. The molecule has 0 amide bonds. The maximum atomic E-state index is 11.4. The summed E-state index contributed by atoms with van der Waals surface area (Å²) in [5.74, 6) is -0.493. The Labute approximate surface area is 115 Å². The van der Waals surface area contributed by atoms with Gasteiger partial charge in [-0.1, -0.05) is 43.2 Å². The summed E-state index contributed by atoms with van der Waals surface area (Å²) in [5.41, 5.74) is 0.876. The molecule has 104 valence electrons. The Kier molecular flexibility index (Phi) is 4.97. The first-order valence-corrected chi connectivity index (χ1v) is 7.19. The van der Waals surface area contributed by atoms with Gasteiger partial charge >= 0.3 is 5.97 Å². The fourth-order valence-electron chi connectivity index (χ4n) is 2.96. The van der Waals surface area contributed by atoms with Crippen LogP contribution in [0, 0.1) is 5.92 Å². The van der Waals surface area contributed by atoms with E-state index in [0.717, 1.165) is 5.56 Å². The fraction of sp³-hybridized carbons (Fsp3) is 0.562. The summed E-state index contributed by atoms with van der Waals surface area (Å²) in [4.78, 5) is 11.4. The van der Waals surface area contributed by atoms with Gasteiger partial charge in [-0.2, -0.15) is 0 Å². The number of carboxylic acid groups (broad SMARTS) is 1. The highest BCUT2D eigenvalue weighted by Crippen LogP contribution is 2.27. The van der Waals surface area contributed by atoms with Crippen molar-refractivity contribution in [3.63, 3.8) is 0 Å². The Hall–Kier alpha value is -1.35. The first-order chi connectivity index (χ1) is 9.18. The minimum atomic E-state index is -0.752. The normalized spacial score (nSPS) is 19.2. The number of hydrogen-bond acceptors (Lipinski definition) is 2. The van der Waals surface area contributed by atoms with Crippen molar-refractivity contribution in [2.45, 2.75) is 44.6 Å². The fourth-order valence-corrected chi connectivity index (χ4v) is 2.96. The predicted molar refractivity (Wildman–Crippen MR) is 76.2 cm³/mol. The smallest absolute Gasteiger partial charge is 0.312 e. The van der Waals surface area contributed by atoms with Gasteiger partial charge < -0.3 is 10.4 Å². The SMILES string of the molecule is CC(NCC(C(=O)O)c1ccccc1)C1CCCC1. The van der Waals surface area contributed by atoms with Crippen LogP contribution in [-0.4, -0.2) is 23.7 Å². The van der Waals surface area contributed by atoms with Gasteiger partial charge in [0.25, 0.3) is 0 Å². The summed E-state index contributed by atoms with van der Waals surface area (Å²) in [6, 6.07) is 9.89. The third-order valence-corrected chi connectivity index (χ3v) is 4.25. The molecule has 0 aromatic heterocycles. The van der Waals surface area contributed by atoms with E-state index < -0.39 is 11.9 Å². The van der Waals surface area contributed by atoms with E-state index in [1.807, 2.05) is 30.3 Å². The zero-order chi connectivity index (χ0) is 13.7. The topological polar surface area (TPSA) is 49.3 Å². The standard InChI is InChI=1S/C16H23NO2/c1-12(13-7-5-6-8-13)17-11-15(16(18)19)14-9-3-2-4-10-14/h2-4,9-10,12-13,15,17H,5-8,11H2,1H3,(H,18,19). The monoisotopic (exact) mass is 261 g/mol. The Balaban J connectivity index is 1.92. The highest BCUT2D eigenvalue weighted by atomic mass is 16.4. The Morgan fingerprint density at radius 3 is 2.53 bits per heavy atom. The quantitative estimate of drug-likeness (QED) is 0.827. The number of rotatable bonds is 6. The number of benzene rings is 1. The number of nitrogens with one attached hydrogen (secondary N) is 1. The van der Waals surface area contributed by atoms with Crippen LogP contribution in [0.5, 0.6) is 0 Å². The molecule has 1 fully saturated rings. The summed E-state index contributed by atoms with van der Waals surface area (Å²) in [5, 5.41) is 12.8. The number of carboxylic acids is 1. The van der Waals surface area contributed by atoms with Crippen molar-refractivity contribution < 1.29 is 9.90 Å². The van der Waals surface area contributed by atoms with Crippen LogP contribution in [0.4, 0.5) is 0 Å². The molecule has 0 radical (unpaired) electrons. The molecule has 3 heteroatoms. The molecule has 3 nitrogen and oxygen atoms in total. The van der Waals surface area contributed by atoms with E-state index in [4.69, 9.17) is 0 Å². The molecule has 0 spiro atoms. The highest BCUT2D eigenvalue weighted by Gasteiger charge is 2.24. The highest BCUT2D eigenvalue weighted by molar-refractivity contribution is 5.76. The second-order valence-electron chi connectivity index (χ2n) is 5.54. The molecule has 0 aliphatic heterocycles. The van der Waals surface area contributed by atoms with E-state index in [0.29, 0.717) is 18.5 Å². The van der Waals surface area contributed by atoms with E-state index in [1.165, 1.54) is 25.7 Å². The van der Waals surface area contributed by atoms with E-state index in [2.05, 4.69) is 12.2 Å². The molecule has 1 saturated carbocycles. The summed E-state index contributed by atoms with van der Waals surface area (Å²) in [6.07, 6.45) is 5.18. The minimum absolute atomic E-state index is 0.410. The zero-order valence-corrected chi connectivity index (χ0v) is 11.5. The van der Waals surface area contributed by atoms with Gasteiger partial charge in [-0.15, -0.1) is 0 Å². The van der Waals surface area contributed by atoms with Gasteiger partial charge in [0.1, 0.15) is 0 Å². The van der Waals surface area contributed by atoms with E-state index in [-0.39, 0.29) is 0 Å². The van der Waals surface area contributed by atoms with Crippen molar-refractivity contribution in [2.75, 3.05) is 6.54 Å². The van der Waals surface area contributed by atoms with Gasteiger partial charge in [-0.3, -0.25) is 4.79 Å². The molecule has 1 aromatic rings. The lowest BCUT2D eigenvalue weighted by atomic mass is 9.96. The third-order valence-electron chi connectivity index (χ3n) is 4.25. The van der Waals surface area contributed by atoms with Crippen molar-refractivity contribution in [3.05, 3.63) is 35.9 Å². The maximum Gasteiger partial charge on any atom is 0.312 e. The lowest BCUT2D eigenvalue weighted by molar-refractivity contribution is -0.138. The average molecular weight is 261 g/mol. The van der Waals surface area contributed by atoms with Crippen molar-refractivity contribution >= 4 is 5.97 Å². The summed E-state index contributed by atoms with van der Waals surface area (Å²) in [7, 11) is 0. The minimum Gasteiger partial charge on any atom is -0.481 e. The van der Waals surface area contributed by atoms with Crippen molar-refractivity contribution in [1.29, 1.82) is 0 Å². The summed E-state index contributed by atoms with van der Waals surface area (Å²) >= 11 is 0. The summed E-state index contributed by atoms with van der Waals surface area (Å²) < 4.78 is 0. The van der Waals surface area contributed by atoms with E-state index >= 15 is 0 Å². The Morgan fingerprint density at radius 1 is 1.32 bits per heavy atom. The molecule has 1 aromatic carbocycles. The molecule has 19 heavy (non-hydrogen) atoms. The second kappa shape index (κ2) is 6.71. The summed E-state index contributed by atoms with van der Waals surface area (Å²) in [6.45, 7) is 2.69. The molecule has 2 N–H and O–H groups in total. The van der Waals surface area contributed by atoms with Crippen LogP contribution in [0.1, 0.15) is 44.1 Å². The van der Waals surface area contributed by atoms with Gasteiger partial charge in [-0.25, -0.2) is 0 Å². The number of carbonyl (C=O) groups is 1. The zero-order valence-electron chi connectivity index (χ0n) is 11.5. The molecule has 2 atom stereocenters. The van der Waals surface area contributed by atoms with Crippen LogP contribution in [0.15, 0.2) is 30.3 Å². The van der Waals surface area contributed by atoms with Gasteiger partial charge in [0.2, 0.25) is 0 Å². The average Bonchev–Trinajstić information content (AvgIpc) is 2.93. The number of aliphatic carboxylic acids is 1. The number of hydrogen-bond donors (Lipinski definition) is 2. The molecule has 0 heterocycles. The van der Waals surface area contributed by atoms with Crippen molar-refractivity contribution in [3.8, 4) is 0 Å². The van der Waals surface area contributed by atoms with Crippen LogP contribution in [-0.2, 0) is 4.79 Å². The largest absolute Gasteiger partial charge is 0.481 e. The van der Waals surface area contributed by atoms with Crippen LogP contribution >= 0.6 is 0 Å². The van der Waals surface area contributed by atoms with E-state index in [9.17, 15) is 9.90 Å². The molecular formula is C16H23NO2. The maximum absolute atomic E-state index is 11.4. The predicted octanol–water partition coefficient (Wildman–Crippen LogP) is 3.02. The molecule has 1 aliphatic carbocycles. The first kappa shape index (κ1) is 14.1. The van der Waals surface area contributed by atoms with Crippen LogP contribution in [0.25, 0.3) is 0 Å². The van der Waals surface area contributed by atoms with Crippen LogP contribution in [0.2, 0.25) is 0 Å². The van der Waals surface area contributed by atoms with Crippen molar-refractivity contribution in [1.82, 2.24) is 5.32 Å². The molecule has 0 bridgehead atoms.